The zero-order chi connectivity index (χ0) is 22.5. The van der Waals surface area contributed by atoms with Crippen LogP contribution in [0.4, 0.5) is 17.6 Å². The van der Waals surface area contributed by atoms with E-state index in [0.29, 0.717) is 36.5 Å². The van der Waals surface area contributed by atoms with Gasteiger partial charge in [0.25, 0.3) is 0 Å². The molecular formula is C25H24F4O2. The van der Waals surface area contributed by atoms with Crippen LogP contribution >= 0.6 is 0 Å². The van der Waals surface area contributed by atoms with E-state index >= 15 is 0 Å². The second kappa shape index (κ2) is 9.41. The molecule has 0 fully saturated rings. The number of alkyl halides is 3. The molecule has 0 aromatic heterocycles. The first kappa shape index (κ1) is 22.7. The van der Waals surface area contributed by atoms with Crippen LogP contribution in [0.1, 0.15) is 37.8 Å². The fraction of sp³-hybridized carbons (Fsp3) is 0.280. The normalized spacial score (nSPS) is 11.9. The molecule has 0 aliphatic heterocycles. The average molecular weight is 432 g/mol. The number of hydrogen-bond acceptors (Lipinski definition) is 2. The van der Waals surface area contributed by atoms with E-state index in [2.05, 4.69) is 0 Å². The summed E-state index contributed by atoms with van der Waals surface area (Å²) in [5.41, 5.74) is -0.469. The predicted molar refractivity (Wildman–Crippen MR) is 112 cm³/mol. The zero-order valence-electron chi connectivity index (χ0n) is 17.4. The highest BCUT2D eigenvalue weighted by Crippen LogP contribution is 2.35. The number of benzene rings is 3. The summed E-state index contributed by atoms with van der Waals surface area (Å²) in [4.78, 5) is 0. The molecule has 164 valence electrons. The Morgan fingerprint density at radius 1 is 0.774 bits per heavy atom. The van der Waals surface area contributed by atoms with Crippen LogP contribution < -0.4 is 9.47 Å². The summed E-state index contributed by atoms with van der Waals surface area (Å²) in [6, 6.07) is 18.6. The Hall–Kier alpha value is -3.02. The molecule has 0 N–H and O–H groups in total. The summed E-state index contributed by atoms with van der Waals surface area (Å²) >= 11 is 0. The van der Waals surface area contributed by atoms with Gasteiger partial charge in [-0.3, -0.25) is 0 Å². The number of para-hydroxylation sites is 1. The smallest absolute Gasteiger partial charge is 0.416 e. The molecule has 0 spiro atoms. The molecule has 0 radical (unpaired) electrons. The zero-order valence-corrected chi connectivity index (χ0v) is 17.4. The van der Waals surface area contributed by atoms with Crippen molar-refractivity contribution in [1.82, 2.24) is 0 Å². The van der Waals surface area contributed by atoms with Crippen molar-refractivity contribution in [3.05, 3.63) is 89.7 Å². The second-order valence-electron chi connectivity index (χ2n) is 7.92. The minimum atomic E-state index is -4.36. The maximum Gasteiger partial charge on any atom is 0.416 e. The van der Waals surface area contributed by atoms with Crippen molar-refractivity contribution >= 4 is 0 Å². The maximum absolute atomic E-state index is 14.0. The molecule has 0 amide bonds. The first-order valence-corrected chi connectivity index (χ1v) is 9.98. The van der Waals surface area contributed by atoms with Crippen LogP contribution in [0.2, 0.25) is 0 Å². The third-order valence-electron chi connectivity index (χ3n) is 5.06. The van der Waals surface area contributed by atoms with E-state index in [9.17, 15) is 17.6 Å². The van der Waals surface area contributed by atoms with Crippen LogP contribution in [0.3, 0.4) is 0 Å². The maximum atomic E-state index is 14.0. The van der Waals surface area contributed by atoms with Crippen molar-refractivity contribution in [1.29, 1.82) is 0 Å². The standard InChI is InChI=1S/C25H24F4O2/c1-24(2,18-8-6-9-19(16-18)25(27,28)29)14-7-15-30-21-12-13-22(26)23(17-21)31-20-10-4-3-5-11-20/h3-6,8-13,16-17H,7,14-15H2,1-2H3. The molecule has 0 saturated heterocycles. The van der Waals surface area contributed by atoms with Crippen molar-refractivity contribution < 1.29 is 27.0 Å². The van der Waals surface area contributed by atoms with Gasteiger partial charge in [-0.25, -0.2) is 4.39 Å². The second-order valence-corrected chi connectivity index (χ2v) is 7.92. The molecule has 3 rings (SSSR count). The van der Waals surface area contributed by atoms with Crippen LogP contribution in [0, 0.1) is 5.82 Å². The van der Waals surface area contributed by atoms with Gasteiger partial charge in [0, 0.05) is 6.07 Å². The number of halogens is 4. The fourth-order valence-corrected chi connectivity index (χ4v) is 3.23. The molecular weight excluding hydrogens is 408 g/mol. The Bertz CT molecular complexity index is 998. The summed E-state index contributed by atoms with van der Waals surface area (Å²) in [5, 5.41) is 0. The van der Waals surface area contributed by atoms with E-state index < -0.39 is 23.0 Å². The molecule has 0 unspecified atom stereocenters. The van der Waals surface area contributed by atoms with Gasteiger partial charge >= 0.3 is 6.18 Å². The molecule has 6 heteroatoms. The predicted octanol–water partition coefficient (Wildman–Crippen LogP) is 7.77. The van der Waals surface area contributed by atoms with Crippen molar-refractivity contribution in [3.63, 3.8) is 0 Å². The van der Waals surface area contributed by atoms with E-state index in [1.54, 1.807) is 30.3 Å². The Morgan fingerprint density at radius 3 is 2.19 bits per heavy atom. The van der Waals surface area contributed by atoms with Crippen LogP contribution in [-0.4, -0.2) is 6.61 Å². The van der Waals surface area contributed by atoms with Crippen LogP contribution in [-0.2, 0) is 11.6 Å². The van der Waals surface area contributed by atoms with Gasteiger partial charge in [-0.15, -0.1) is 0 Å². The molecule has 0 atom stereocenters. The summed E-state index contributed by atoms with van der Waals surface area (Å²) in [6.07, 6.45) is -3.12. The highest BCUT2D eigenvalue weighted by atomic mass is 19.4. The number of hydrogen-bond donors (Lipinski definition) is 0. The quantitative estimate of drug-likeness (QED) is 0.267. The summed E-state index contributed by atoms with van der Waals surface area (Å²) in [5.74, 6) is 0.542. The van der Waals surface area contributed by atoms with Crippen molar-refractivity contribution in [3.8, 4) is 17.2 Å². The molecule has 0 heterocycles. The first-order valence-electron chi connectivity index (χ1n) is 9.98. The third kappa shape index (κ3) is 6.23. The van der Waals surface area contributed by atoms with Crippen LogP contribution in [0.5, 0.6) is 17.2 Å². The van der Waals surface area contributed by atoms with Gasteiger partial charge in [0.15, 0.2) is 11.6 Å². The van der Waals surface area contributed by atoms with E-state index in [4.69, 9.17) is 9.47 Å². The topological polar surface area (TPSA) is 18.5 Å². The lowest BCUT2D eigenvalue weighted by Gasteiger charge is -2.26. The highest BCUT2D eigenvalue weighted by Gasteiger charge is 2.32. The van der Waals surface area contributed by atoms with E-state index in [-0.39, 0.29) is 5.75 Å². The van der Waals surface area contributed by atoms with Crippen molar-refractivity contribution in [2.45, 2.75) is 38.3 Å². The summed E-state index contributed by atoms with van der Waals surface area (Å²) < 4.78 is 64.3. The highest BCUT2D eigenvalue weighted by molar-refractivity contribution is 5.38. The summed E-state index contributed by atoms with van der Waals surface area (Å²) in [6.45, 7) is 4.16. The van der Waals surface area contributed by atoms with Gasteiger partial charge in [0.1, 0.15) is 11.5 Å². The first-order chi connectivity index (χ1) is 14.6. The lowest BCUT2D eigenvalue weighted by atomic mass is 9.80. The van der Waals surface area contributed by atoms with E-state index in [0.717, 1.165) is 6.07 Å². The van der Waals surface area contributed by atoms with Gasteiger partial charge < -0.3 is 9.47 Å². The molecule has 0 aliphatic carbocycles. The molecule has 3 aromatic rings. The Kier molecular flexibility index (Phi) is 6.88. The molecule has 0 bridgehead atoms. The molecule has 0 saturated carbocycles. The van der Waals surface area contributed by atoms with Crippen LogP contribution in [0.15, 0.2) is 72.8 Å². The lowest BCUT2D eigenvalue weighted by molar-refractivity contribution is -0.137. The summed E-state index contributed by atoms with van der Waals surface area (Å²) in [7, 11) is 0. The van der Waals surface area contributed by atoms with Gasteiger partial charge in [-0.1, -0.05) is 50.2 Å². The molecule has 31 heavy (non-hydrogen) atoms. The van der Waals surface area contributed by atoms with E-state index in [1.807, 2.05) is 19.9 Å². The number of rotatable bonds is 8. The molecule has 2 nitrogen and oxygen atoms in total. The lowest BCUT2D eigenvalue weighted by Crippen LogP contribution is -2.19. The molecule has 3 aromatic carbocycles. The van der Waals surface area contributed by atoms with Gasteiger partial charge in [0.05, 0.1) is 12.2 Å². The largest absolute Gasteiger partial charge is 0.493 e. The Balaban J connectivity index is 1.57. The SMILES string of the molecule is CC(C)(CCCOc1ccc(F)c(Oc2ccccc2)c1)c1cccc(C(F)(F)F)c1. The third-order valence-corrected chi connectivity index (χ3v) is 5.06. The van der Waals surface area contributed by atoms with E-state index in [1.165, 1.54) is 30.3 Å². The van der Waals surface area contributed by atoms with Gasteiger partial charge in [-0.05, 0) is 54.2 Å². The minimum Gasteiger partial charge on any atom is -0.493 e. The van der Waals surface area contributed by atoms with Gasteiger partial charge in [-0.2, -0.15) is 13.2 Å². The minimum absolute atomic E-state index is 0.0630. The monoisotopic (exact) mass is 432 g/mol. The Morgan fingerprint density at radius 2 is 1.48 bits per heavy atom. The van der Waals surface area contributed by atoms with Crippen LogP contribution in [0.25, 0.3) is 0 Å². The fourth-order valence-electron chi connectivity index (χ4n) is 3.23. The number of ether oxygens (including phenoxy) is 2. The van der Waals surface area contributed by atoms with Crippen molar-refractivity contribution in [2.75, 3.05) is 6.61 Å². The average Bonchev–Trinajstić information content (AvgIpc) is 2.74. The Labute approximate surface area is 179 Å². The van der Waals surface area contributed by atoms with Gasteiger partial charge in [0.2, 0.25) is 0 Å². The van der Waals surface area contributed by atoms with Crippen molar-refractivity contribution in [2.24, 2.45) is 0 Å². The molecule has 0 aliphatic rings.